The molecular formula is C26H50N4O10. The van der Waals surface area contributed by atoms with Crippen molar-refractivity contribution in [2.45, 2.75) is 64.5 Å². The molecule has 0 aromatic rings. The summed E-state index contributed by atoms with van der Waals surface area (Å²) in [5.41, 5.74) is 11.4. The first kappa shape index (κ1) is 37.6. The van der Waals surface area contributed by atoms with Gasteiger partial charge in [-0.1, -0.05) is 26.7 Å². The Morgan fingerprint density at radius 2 is 0.875 bits per heavy atom. The first-order valence-corrected chi connectivity index (χ1v) is 14.0. The van der Waals surface area contributed by atoms with E-state index in [1.54, 1.807) is 0 Å². The molecule has 0 heterocycles. The SMILES string of the molecule is CCCCOC(=O)C[C@H](N)C(=O)NCCOCCOCCOCCOCCNC(=O)[C@@H](N)CC(=O)OCCCC. The van der Waals surface area contributed by atoms with Gasteiger partial charge in [-0.25, -0.2) is 0 Å². The van der Waals surface area contributed by atoms with Crippen LogP contribution in [0, 0.1) is 0 Å². The van der Waals surface area contributed by atoms with Gasteiger partial charge in [-0.3, -0.25) is 19.2 Å². The van der Waals surface area contributed by atoms with Crippen molar-refractivity contribution in [2.75, 3.05) is 79.2 Å². The van der Waals surface area contributed by atoms with E-state index < -0.39 is 35.8 Å². The number of nitrogens with one attached hydrogen (secondary N) is 2. The van der Waals surface area contributed by atoms with Crippen LogP contribution in [0.2, 0.25) is 0 Å². The fraction of sp³-hybridized carbons (Fsp3) is 0.846. The zero-order valence-electron chi connectivity index (χ0n) is 24.1. The lowest BCUT2D eigenvalue weighted by Crippen LogP contribution is -2.43. The Bertz CT molecular complexity index is 628. The maximum absolute atomic E-state index is 11.9. The van der Waals surface area contributed by atoms with Crippen LogP contribution >= 0.6 is 0 Å². The number of carbonyl (C=O) groups excluding carboxylic acids is 4. The molecule has 0 aromatic heterocycles. The third-order valence-corrected chi connectivity index (χ3v) is 5.18. The van der Waals surface area contributed by atoms with E-state index in [1.807, 2.05) is 13.8 Å². The van der Waals surface area contributed by atoms with Crippen LogP contribution in [-0.4, -0.2) is 115 Å². The van der Waals surface area contributed by atoms with Crippen molar-refractivity contribution in [3.05, 3.63) is 0 Å². The Morgan fingerprint density at radius 1 is 0.550 bits per heavy atom. The van der Waals surface area contributed by atoms with Gasteiger partial charge in [0.05, 0.1) is 91.0 Å². The maximum Gasteiger partial charge on any atom is 0.307 e. The topological polar surface area (TPSA) is 200 Å². The quantitative estimate of drug-likeness (QED) is 0.0714. The van der Waals surface area contributed by atoms with Crippen molar-refractivity contribution in [1.82, 2.24) is 10.6 Å². The normalized spacial score (nSPS) is 12.4. The molecule has 0 saturated carbocycles. The van der Waals surface area contributed by atoms with Gasteiger partial charge in [0, 0.05) is 13.1 Å². The van der Waals surface area contributed by atoms with Gasteiger partial charge in [-0.15, -0.1) is 0 Å². The zero-order valence-corrected chi connectivity index (χ0v) is 24.1. The van der Waals surface area contributed by atoms with Gasteiger partial charge >= 0.3 is 11.9 Å². The molecule has 0 aliphatic rings. The van der Waals surface area contributed by atoms with E-state index in [9.17, 15) is 19.2 Å². The highest BCUT2D eigenvalue weighted by atomic mass is 16.6. The molecule has 0 fully saturated rings. The van der Waals surface area contributed by atoms with Gasteiger partial charge in [-0.2, -0.15) is 0 Å². The third-order valence-electron chi connectivity index (χ3n) is 5.18. The minimum Gasteiger partial charge on any atom is -0.466 e. The van der Waals surface area contributed by atoms with Crippen molar-refractivity contribution in [2.24, 2.45) is 11.5 Å². The van der Waals surface area contributed by atoms with Crippen molar-refractivity contribution in [1.29, 1.82) is 0 Å². The number of amides is 2. The third kappa shape index (κ3) is 23.5. The molecule has 0 radical (unpaired) electrons. The molecule has 234 valence electrons. The van der Waals surface area contributed by atoms with Crippen molar-refractivity contribution >= 4 is 23.8 Å². The smallest absolute Gasteiger partial charge is 0.307 e. The van der Waals surface area contributed by atoms with Crippen molar-refractivity contribution in [3.8, 4) is 0 Å². The number of nitrogens with two attached hydrogens (primary N) is 2. The number of ether oxygens (including phenoxy) is 6. The molecule has 6 N–H and O–H groups in total. The molecule has 2 atom stereocenters. The van der Waals surface area contributed by atoms with Crippen LogP contribution in [0.25, 0.3) is 0 Å². The van der Waals surface area contributed by atoms with Crippen LogP contribution in [0.4, 0.5) is 0 Å². The summed E-state index contributed by atoms with van der Waals surface area (Å²) in [5, 5.41) is 5.22. The van der Waals surface area contributed by atoms with Crippen LogP contribution in [0.5, 0.6) is 0 Å². The summed E-state index contributed by atoms with van der Waals surface area (Å²) in [6, 6.07) is -1.90. The minimum absolute atomic E-state index is 0.161. The lowest BCUT2D eigenvalue weighted by atomic mass is 10.2. The Balaban J connectivity index is 3.47. The average Bonchev–Trinajstić information content (AvgIpc) is 2.92. The van der Waals surface area contributed by atoms with Crippen LogP contribution < -0.4 is 22.1 Å². The number of hydrogen-bond donors (Lipinski definition) is 4. The molecular weight excluding hydrogens is 528 g/mol. The Kier molecular flexibility index (Phi) is 25.3. The summed E-state index contributed by atoms with van der Waals surface area (Å²) < 4.78 is 31.5. The molecule has 14 nitrogen and oxygen atoms in total. The highest BCUT2D eigenvalue weighted by Crippen LogP contribution is 1.97. The fourth-order valence-corrected chi connectivity index (χ4v) is 2.84. The Hall–Kier alpha value is -2.36. The fourth-order valence-electron chi connectivity index (χ4n) is 2.84. The second kappa shape index (κ2) is 26.8. The molecule has 2 amide bonds. The van der Waals surface area contributed by atoms with E-state index in [1.165, 1.54) is 0 Å². The second-order valence-electron chi connectivity index (χ2n) is 8.80. The lowest BCUT2D eigenvalue weighted by Gasteiger charge is -2.12. The molecule has 0 bridgehead atoms. The van der Waals surface area contributed by atoms with Crippen LogP contribution in [0.3, 0.4) is 0 Å². The molecule has 0 spiro atoms. The van der Waals surface area contributed by atoms with Gasteiger partial charge in [0.1, 0.15) is 0 Å². The van der Waals surface area contributed by atoms with E-state index in [0.29, 0.717) is 52.9 Å². The molecule has 0 aliphatic carbocycles. The summed E-state index contributed by atoms with van der Waals surface area (Å²) in [6.07, 6.45) is 3.06. The summed E-state index contributed by atoms with van der Waals surface area (Å²) in [4.78, 5) is 46.9. The van der Waals surface area contributed by atoms with E-state index in [0.717, 1.165) is 25.7 Å². The molecule has 14 heteroatoms. The lowest BCUT2D eigenvalue weighted by molar-refractivity contribution is -0.146. The first-order chi connectivity index (χ1) is 19.3. The van der Waals surface area contributed by atoms with Gasteiger partial charge in [0.25, 0.3) is 0 Å². The molecule has 0 aliphatic heterocycles. The van der Waals surface area contributed by atoms with Crippen LogP contribution in [-0.2, 0) is 47.6 Å². The largest absolute Gasteiger partial charge is 0.466 e. The number of rotatable bonds is 27. The number of carbonyl (C=O) groups is 4. The number of esters is 2. The van der Waals surface area contributed by atoms with Gasteiger partial charge < -0.3 is 50.5 Å². The van der Waals surface area contributed by atoms with E-state index in [-0.39, 0.29) is 39.1 Å². The first-order valence-electron chi connectivity index (χ1n) is 14.0. The molecule has 40 heavy (non-hydrogen) atoms. The van der Waals surface area contributed by atoms with Gasteiger partial charge in [0.2, 0.25) is 11.8 Å². The number of unbranched alkanes of at least 4 members (excludes halogenated alkanes) is 2. The average molecular weight is 579 g/mol. The predicted octanol–water partition coefficient (Wildman–Crippen LogP) is -0.593. The highest BCUT2D eigenvalue weighted by Gasteiger charge is 2.19. The maximum atomic E-state index is 11.9. The van der Waals surface area contributed by atoms with Crippen LogP contribution in [0.1, 0.15) is 52.4 Å². The second-order valence-corrected chi connectivity index (χ2v) is 8.80. The Labute approximate surface area is 237 Å². The van der Waals surface area contributed by atoms with Gasteiger partial charge in [0.15, 0.2) is 0 Å². The molecule has 0 unspecified atom stereocenters. The molecule has 0 saturated heterocycles. The molecule has 0 aromatic carbocycles. The highest BCUT2D eigenvalue weighted by molar-refractivity contribution is 5.86. The van der Waals surface area contributed by atoms with E-state index in [2.05, 4.69) is 10.6 Å². The monoisotopic (exact) mass is 578 g/mol. The summed E-state index contributed by atoms with van der Waals surface area (Å²) >= 11 is 0. The Morgan fingerprint density at radius 3 is 1.20 bits per heavy atom. The van der Waals surface area contributed by atoms with E-state index in [4.69, 9.17) is 39.9 Å². The minimum atomic E-state index is -0.952. The van der Waals surface area contributed by atoms with Crippen molar-refractivity contribution in [3.63, 3.8) is 0 Å². The van der Waals surface area contributed by atoms with Crippen LogP contribution in [0.15, 0.2) is 0 Å². The van der Waals surface area contributed by atoms with Crippen molar-refractivity contribution < 1.29 is 47.6 Å². The standard InChI is InChI=1S/C26H50N4O10/c1-3-5-9-39-23(31)19-21(27)25(33)29-7-11-35-13-15-37-17-18-38-16-14-36-12-8-30-26(34)22(28)20-24(32)40-10-6-4-2/h21-22H,3-20,27-28H2,1-2H3,(H,29,33)(H,30,34)/t21-,22-/m0/s1. The molecule has 0 rings (SSSR count). The predicted molar refractivity (Wildman–Crippen MR) is 146 cm³/mol. The zero-order chi connectivity index (χ0) is 29.8. The van der Waals surface area contributed by atoms with E-state index >= 15 is 0 Å². The number of hydrogen-bond acceptors (Lipinski definition) is 12. The summed E-state index contributed by atoms with van der Waals surface area (Å²) in [5.74, 6) is -1.83. The summed E-state index contributed by atoms with van der Waals surface area (Å²) in [7, 11) is 0. The summed E-state index contributed by atoms with van der Waals surface area (Å²) in [6.45, 7) is 7.97. The van der Waals surface area contributed by atoms with Gasteiger partial charge in [-0.05, 0) is 12.8 Å².